The van der Waals surface area contributed by atoms with Crippen LogP contribution in [-0.2, 0) is 0 Å². The average Bonchev–Trinajstić information content (AvgIpc) is 3.88. The molecule has 3 aromatic heterocycles. The number of aromatic nitrogens is 2. The number of hydrogen-bond acceptors (Lipinski definition) is 2. The lowest BCUT2D eigenvalue weighted by atomic mass is 10.0. The molecule has 0 radical (unpaired) electrons. The molecule has 8 aromatic carbocycles. The molecule has 0 aliphatic heterocycles. The van der Waals surface area contributed by atoms with Gasteiger partial charge in [-0.3, -0.25) is 0 Å². The van der Waals surface area contributed by atoms with E-state index in [0.717, 1.165) is 22.7 Å². The second kappa shape index (κ2) is 12.2. The number of para-hydroxylation sites is 3. The molecule has 0 spiro atoms. The number of thiophene rings is 1. The van der Waals surface area contributed by atoms with Crippen LogP contribution in [-0.4, -0.2) is 9.13 Å². The Balaban J connectivity index is 1.08. The summed E-state index contributed by atoms with van der Waals surface area (Å²) in [5.41, 5.74) is 14.5. The van der Waals surface area contributed by atoms with Gasteiger partial charge >= 0.3 is 0 Å². The largest absolute Gasteiger partial charge is 0.310 e. The van der Waals surface area contributed by atoms with E-state index in [0.29, 0.717) is 0 Å². The zero-order valence-corrected chi connectivity index (χ0v) is 31.7. The number of anilines is 3. The summed E-state index contributed by atoms with van der Waals surface area (Å²) < 4.78 is 7.50. The van der Waals surface area contributed by atoms with Crippen molar-refractivity contribution < 1.29 is 0 Å². The Kier molecular flexibility index (Phi) is 7.07. The van der Waals surface area contributed by atoms with E-state index in [1.54, 1.807) is 0 Å². The molecule has 0 amide bonds. The molecule has 11 rings (SSSR count). The Labute approximate surface area is 323 Å². The Morgan fingerprint density at radius 2 is 0.873 bits per heavy atom. The molecule has 0 atom stereocenters. The normalized spacial score (nSPS) is 11.9. The second-order valence-corrected chi connectivity index (χ2v) is 15.8. The number of benzene rings is 8. The summed E-state index contributed by atoms with van der Waals surface area (Å²) in [5, 5.41) is 7.73. The first-order chi connectivity index (χ1) is 27.0. The monoisotopic (exact) mass is 723 g/mol. The van der Waals surface area contributed by atoms with Crippen LogP contribution in [0.25, 0.3) is 75.2 Å². The van der Waals surface area contributed by atoms with Crippen LogP contribution >= 0.6 is 11.3 Å². The van der Waals surface area contributed by atoms with Gasteiger partial charge in [0.2, 0.25) is 0 Å². The van der Waals surface area contributed by atoms with Gasteiger partial charge in [-0.15, -0.1) is 11.3 Å². The third-order valence-corrected chi connectivity index (χ3v) is 12.5. The molecular weight excluding hydrogens is 687 g/mol. The summed E-state index contributed by atoms with van der Waals surface area (Å²) in [6.07, 6.45) is 0. The van der Waals surface area contributed by atoms with Crippen molar-refractivity contribution in [3.8, 4) is 11.4 Å². The fourth-order valence-corrected chi connectivity index (χ4v) is 10.4. The first-order valence-corrected chi connectivity index (χ1v) is 19.8. The zero-order chi connectivity index (χ0) is 36.8. The van der Waals surface area contributed by atoms with E-state index in [1.807, 2.05) is 11.3 Å². The van der Waals surface area contributed by atoms with Gasteiger partial charge in [0.05, 0.1) is 32.5 Å². The minimum atomic E-state index is 1.12. The molecule has 262 valence electrons. The molecule has 0 fully saturated rings. The predicted octanol–water partition coefficient (Wildman–Crippen LogP) is 14.6. The first-order valence-electron chi connectivity index (χ1n) is 18.9. The molecule has 0 aliphatic rings. The maximum Gasteiger partial charge on any atom is 0.0719 e. The molecule has 3 heterocycles. The highest BCUT2D eigenvalue weighted by Gasteiger charge is 2.21. The van der Waals surface area contributed by atoms with E-state index in [-0.39, 0.29) is 0 Å². The number of nitrogens with zero attached hydrogens (tertiary/aromatic N) is 3. The summed E-state index contributed by atoms with van der Waals surface area (Å²) >= 11 is 1.89. The lowest BCUT2D eigenvalue weighted by Crippen LogP contribution is -2.13. The third kappa shape index (κ3) is 4.81. The Morgan fingerprint density at radius 3 is 1.45 bits per heavy atom. The summed E-state index contributed by atoms with van der Waals surface area (Å²) in [7, 11) is 0. The summed E-state index contributed by atoms with van der Waals surface area (Å²) in [4.78, 5) is 2.43. The Morgan fingerprint density at radius 1 is 0.418 bits per heavy atom. The molecular formula is C51H37N3S. The number of hydrogen-bond donors (Lipinski definition) is 0. The van der Waals surface area contributed by atoms with Crippen molar-refractivity contribution in [2.75, 3.05) is 4.90 Å². The van der Waals surface area contributed by atoms with Crippen molar-refractivity contribution in [2.24, 2.45) is 0 Å². The van der Waals surface area contributed by atoms with Crippen LogP contribution in [0, 0.1) is 20.8 Å². The van der Waals surface area contributed by atoms with E-state index in [2.05, 4.69) is 205 Å². The summed E-state index contributed by atoms with van der Waals surface area (Å²) in [5.74, 6) is 0. The van der Waals surface area contributed by atoms with Gasteiger partial charge in [0, 0.05) is 59.8 Å². The minimum Gasteiger partial charge on any atom is -0.310 e. The Bertz CT molecular complexity index is 3210. The smallest absolute Gasteiger partial charge is 0.0719 e. The van der Waals surface area contributed by atoms with Crippen LogP contribution in [0.5, 0.6) is 0 Å². The van der Waals surface area contributed by atoms with E-state index in [4.69, 9.17) is 0 Å². The quantitative estimate of drug-likeness (QED) is 0.172. The van der Waals surface area contributed by atoms with Crippen molar-refractivity contribution >= 4 is 92.2 Å². The van der Waals surface area contributed by atoms with Crippen molar-refractivity contribution in [1.82, 2.24) is 9.13 Å². The van der Waals surface area contributed by atoms with E-state index in [9.17, 15) is 0 Å². The zero-order valence-electron chi connectivity index (χ0n) is 30.9. The standard InChI is InChI=1S/C51H37N3S/c1-32-30-33(2)49(34(3)31-32)52(35-20-24-37(25-21-35)53-45-16-8-4-12-39(45)40-13-5-9-17-46(40)53)36-22-26-38(27-23-36)54-47-18-10-6-14-41(47)43-28-29-44-42-15-7-11-19-48(42)55-51(44)50(43)54/h4-31H,1-3H3. The second-order valence-electron chi connectivity index (χ2n) is 14.8. The number of fused-ring (bicyclic) bond motifs is 10. The molecule has 11 aromatic rings. The highest BCUT2D eigenvalue weighted by molar-refractivity contribution is 7.26. The van der Waals surface area contributed by atoms with Crippen LogP contribution in [0.4, 0.5) is 17.1 Å². The van der Waals surface area contributed by atoms with Crippen LogP contribution in [0.1, 0.15) is 16.7 Å². The fourth-order valence-electron chi connectivity index (χ4n) is 9.13. The Hall–Kier alpha value is -6.62. The molecule has 0 N–H and O–H groups in total. The topological polar surface area (TPSA) is 13.1 Å². The van der Waals surface area contributed by atoms with E-state index >= 15 is 0 Å². The van der Waals surface area contributed by atoms with Gasteiger partial charge in [-0.2, -0.15) is 0 Å². The molecule has 55 heavy (non-hydrogen) atoms. The highest BCUT2D eigenvalue weighted by Crippen LogP contribution is 2.44. The van der Waals surface area contributed by atoms with E-state index in [1.165, 1.54) is 86.2 Å². The van der Waals surface area contributed by atoms with Gasteiger partial charge < -0.3 is 14.0 Å². The number of aryl methyl sites for hydroxylation is 3. The molecule has 0 saturated heterocycles. The van der Waals surface area contributed by atoms with Crippen LogP contribution in [0.3, 0.4) is 0 Å². The van der Waals surface area contributed by atoms with Crippen molar-refractivity contribution in [3.63, 3.8) is 0 Å². The molecule has 0 aliphatic carbocycles. The molecule has 3 nitrogen and oxygen atoms in total. The third-order valence-electron chi connectivity index (χ3n) is 11.4. The van der Waals surface area contributed by atoms with Gasteiger partial charge in [-0.05, 0) is 105 Å². The average molecular weight is 724 g/mol. The fraction of sp³-hybridized carbons (Fsp3) is 0.0588. The van der Waals surface area contributed by atoms with E-state index < -0.39 is 0 Å². The first kappa shape index (κ1) is 31.9. The number of rotatable bonds is 5. The lowest BCUT2D eigenvalue weighted by Gasteiger charge is -2.29. The van der Waals surface area contributed by atoms with Gasteiger partial charge in [0.15, 0.2) is 0 Å². The van der Waals surface area contributed by atoms with Crippen molar-refractivity contribution in [2.45, 2.75) is 20.8 Å². The van der Waals surface area contributed by atoms with Crippen LogP contribution in [0.2, 0.25) is 0 Å². The SMILES string of the molecule is Cc1cc(C)c(N(c2ccc(-n3c4ccccc4c4ccccc43)cc2)c2ccc(-n3c4ccccc4c4ccc5c6ccccc6sc5c43)cc2)c(C)c1. The summed E-state index contributed by atoms with van der Waals surface area (Å²) in [6.45, 7) is 6.65. The molecule has 0 bridgehead atoms. The van der Waals surface area contributed by atoms with Gasteiger partial charge in [-0.25, -0.2) is 0 Å². The summed E-state index contributed by atoms with van der Waals surface area (Å²) in [6, 6.07) is 62.5. The molecule has 0 saturated carbocycles. The highest BCUT2D eigenvalue weighted by atomic mass is 32.1. The van der Waals surface area contributed by atoms with Crippen LogP contribution in [0.15, 0.2) is 170 Å². The maximum atomic E-state index is 2.47. The van der Waals surface area contributed by atoms with Crippen LogP contribution < -0.4 is 4.90 Å². The van der Waals surface area contributed by atoms with Gasteiger partial charge in [0.25, 0.3) is 0 Å². The predicted molar refractivity (Wildman–Crippen MR) is 237 cm³/mol. The maximum absolute atomic E-state index is 2.47. The minimum absolute atomic E-state index is 1.12. The van der Waals surface area contributed by atoms with Gasteiger partial charge in [-0.1, -0.05) is 103 Å². The van der Waals surface area contributed by atoms with Gasteiger partial charge in [0.1, 0.15) is 0 Å². The molecule has 0 unspecified atom stereocenters. The lowest BCUT2D eigenvalue weighted by molar-refractivity contribution is 1.16. The molecule has 4 heteroatoms. The van der Waals surface area contributed by atoms with Crippen molar-refractivity contribution in [3.05, 3.63) is 187 Å². The van der Waals surface area contributed by atoms with Crippen molar-refractivity contribution in [1.29, 1.82) is 0 Å².